The van der Waals surface area contributed by atoms with Gasteiger partial charge >= 0.3 is 0 Å². The Balaban J connectivity index is 1.43. The van der Waals surface area contributed by atoms with Crippen LogP contribution >= 0.6 is 11.6 Å². The summed E-state index contributed by atoms with van der Waals surface area (Å²) in [6.45, 7) is 1.08. The van der Waals surface area contributed by atoms with Gasteiger partial charge in [-0.3, -0.25) is 4.79 Å². The summed E-state index contributed by atoms with van der Waals surface area (Å²) >= 11 is 6.12. The largest absolute Gasteiger partial charge is 0.326 e. The quantitative estimate of drug-likeness (QED) is 0.517. The van der Waals surface area contributed by atoms with Crippen molar-refractivity contribution in [1.29, 1.82) is 0 Å². The molecule has 0 saturated heterocycles. The van der Waals surface area contributed by atoms with Crippen molar-refractivity contribution in [2.45, 2.75) is 6.54 Å². The van der Waals surface area contributed by atoms with Crippen LogP contribution in [0.4, 0.5) is 5.69 Å². The predicted octanol–water partition coefficient (Wildman–Crippen LogP) is 2.73. The number of likely N-dealkylation sites (N-methyl/N-ethyl adjacent to an activating group) is 1. The molecule has 0 spiro atoms. The molecule has 0 fully saturated rings. The smallest absolute Gasteiger partial charge is 0.279 e. The number of amides is 1. The number of nitrogens with zero attached hydrogens (tertiary/aromatic N) is 3. The minimum atomic E-state index is -0.0908. The van der Waals surface area contributed by atoms with Gasteiger partial charge in [-0.1, -0.05) is 48.0 Å². The van der Waals surface area contributed by atoms with Gasteiger partial charge in [-0.15, -0.1) is 0 Å². The molecule has 0 aliphatic carbocycles. The molecule has 0 aliphatic rings. The van der Waals surface area contributed by atoms with E-state index in [1.54, 1.807) is 29.2 Å². The number of nitrogens with one attached hydrogen (secondary N) is 2. The van der Waals surface area contributed by atoms with E-state index < -0.39 is 0 Å². The summed E-state index contributed by atoms with van der Waals surface area (Å²) in [6.07, 6.45) is 3.03. The average molecular weight is 407 g/mol. The van der Waals surface area contributed by atoms with Gasteiger partial charge in [-0.2, -0.15) is 5.10 Å². The number of anilines is 1. The van der Waals surface area contributed by atoms with Crippen molar-refractivity contribution in [3.63, 3.8) is 0 Å². The van der Waals surface area contributed by atoms with E-state index in [0.717, 1.165) is 11.4 Å². The van der Waals surface area contributed by atoms with Gasteiger partial charge < -0.3 is 10.2 Å². The van der Waals surface area contributed by atoms with Crippen LogP contribution in [-0.2, 0) is 11.3 Å². The second-order valence-corrected chi connectivity index (χ2v) is 7.48. The minimum absolute atomic E-state index is 0.0908. The van der Waals surface area contributed by atoms with Crippen molar-refractivity contribution in [2.75, 3.05) is 18.9 Å². The molecule has 6 nitrogen and oxygen atoms in total. The molecule has 0 bridgehead atoms. The third-order valence-electron chi connectivity index (χ3n) is 4.68. The Morgan fingerprint density at radius 2 is 1.93 bits per heavy atom. The first-order valence-corrected chi connectivity index (χ1v) is 9.70. The van der Waals surface area contributed by atoms with E-state index in [2.05, 4.69) is 45.7 Å². The van der Waals surface area contributed by atoms with Crippen LogP contribution in [-0.4, -0.2) is 34.3 Å². The molecule has 0 aliphatic heterocycles. The Morgan fingerprint density at radius 1 is 1.10 bits per heavy atom. The van der Waals surface area contributed by atoms with Crippen LogP contribution in [0, 0.1) is 0 Å². The zero-order valence-corrected chi connectivity index (χ0v) is 16.7. The lowest BCUT2D eigenvalue weighted by atomic mass is 10.1. The van der Waals surface area contributed by atoms with E-state index in [4.69, 9.17) is 11.6 Å². The summed E-state index contributed by atoms with van der Waals surface area (Å²) in [5.74, 6) is -0.0908. The van der Waals surface area contributed by atoms with Crippen LogP contribution in [0.1, 0.15) is 5.56 Å². The number of fused-ring (bicyclic) bond motifs is 1. The van der Waals surface area contributed by atoms with Crippen molar-refractivity contribution >= 4 is 34.0 Å². The lowest BCUT2D eigenvalue weighted by Gasteiger charge is -2.16. The highest BCUT2D eigenvalue weighted by Gasteiger charge is 2.14. The van der Waals surface area contributed by atoms with Gasteiger partial charge in [0.05, 0.1) is 18.4 Å². The van der Waals surface area contributed by atoms with Crippen molar-refractivity contribution < 1.29 is 9.69 Å². The predicted molar refractivity (Wildman–Crippen MR) is 114 cm³/mol. The number of carbonyl (C=O) groups is 1. The number of hydrogen-bond donors (Lipinski definition) is 2. The second kappa shape index (κ2) is 8.43. The van der Waals surface area contributed by atoms with Gasteiger partial charge in [-0.05, 0) is 35.0 Å². The van der Waals surface area contributed by atoms with Gasteiger partial charge in [0.15, 0.2) is 6.54 Å². The third-order valence-corrected chi connectivity index (χ3v) is 4.92. The maximum atomic E-state index is 12.6. The topological polar surface area (TPSA) is 64.2 Å². The number of quaternary nitrogens is 1. The molecule has 4 aromatic rings. The number of rotatable bonds is 6. The molecule has 146 valence electrons. The fraction of sp³-hybridized carbons (Fsp3) is 0.136. The van der Waals surface area contributed by atoms with E-state index in [0.29, 0.717) is 22.9 Å². The molecule has 1 heterocycles. The molecule has 7 heteroatoms. The Kier molecular flexibility index (Phi) is 5.55. The lowest BCUT2D eigenvalue weighted by Crippen LogP contribution is -3.08. The fourth-order valence-corrected chi connectivity index (χ4v) is 3.54. The highest BCUT2D eigenvalue weighted by atomic mass is 35.5. The molecule has 1 atom stereocenters. The van der Waals surface area contributed by atoms with E-state index in [1.165, 1.54) is 22.7 Å². The molecule has 29 heavy (non-hydrogen) atoms. The minimum Gasteiger partial charge on any atom is -0.326 e. The second-order valence-electron chi connectivity index (χ2n) is 7.04. The van der Waals surface area contributed by atoms with Gasteiger partial charge in [0, 0.05) is 10.6 Å². The van der Waals surface area contributed by atoms with Crippen LogP contribution in [0.25, 0.3) is 16.5 Å². The Morgan fingerprint density at radius 3 is 2.72 bits per heavy atom. The maximum Gasteiger partial charge on any atom is 0.279 e. The zero-order chi connectivity index (χ0) is 20.2. The number of carbonyl (C=O) groups excluding carboxylic acids is 1. The third kappa shape index (κ3) is 4.62. The zero-order valence-electron chi connectivity index (χ0n) is 16.0. The van der Waals surface area contributed by atoms with Crippen LogP contribution in [0.3, 0.4) is 0 Å². The first kappa shape index (κ1) is 19.1. The number of aromatic nitrogens is 3. The summed E-state index contributed by atoms with van der Waals surface area (Å²) in [5.41, 5.74) is 2.51. The van der Waals surface area contributed by atoms with Crippen LogP contribution in [0.2, 0.25) is 5.02 Å². The van der Waals surface area contributed by atoms with Crippen molar-refractivity contribution in [3.05, 3.63) is 83.9 Å². The Bertz CT molecular complexity index is 1140. The molecular weight excluding hydrogens is 386 g/mol. The van der Waals surface area contributed by atoms with Crippen LogP contribution in [0.5, 0.6) is 0 Å². The first-order valence-electron chi connectivity index (χ1n) is 9.32. The van der Waals surface area contributed by atoms with E-state index >= 15 is 0 Å². The molecule has 3 aromatic carbocycles. The van der Waals surface area contributed by atoms with Gasteiger partial charge in [0.25, 0.3) is 5.91 Å². The summed E-state index contributed by atoms with van der Waals surface area (Å²) in [7, 11) is 2.01. The maximum absolute atomic E-state index is 12.6. The molecule has 1 unspecified atom stereocenters. The van der Waals surface area contributed by atoms with Gasteiger partial charge in [0.1, 0.15) is 19.2 Å². The summed E-state index contributed by atoms with van der Waals surface area (Å²) in [5, 5.41) is 10.1. The Hall–Kier alpha value is -3.22. The average Bonchev–Trinajstić information content (AvgIpc) is 3.22. The first-order chi connectivity index (χ1) is 14.1. The Labute approximate surface area is 173 Å². The SMILES string of the molecule is C[NH+](CC(=O)Nc1cc(Cl)ccc1-n1cncn1)Cc1ccc2ccccc2c1. The summed E-state index contributed by atoms with van der Waals surface area (Å²) in [4.78, 5) is 17.7. The summed E-state index contributed by atoms with van der Waals surface area (Å²) in [6, 6.07) is 20.0. The lowest BCUT2D eigenvalue weighted by molar-refractivity contribution is -0.885. The van der Waals surface area contributed by atoms with Crippen LogP contribution < -0.4 is 10.2 Å². The monoisotopic (exact) mass is 406 g/mol. The van der Waals surface area contributed by atoms with Crippen molar-refractivity contribution in [2.24, 2.45) is 0 Å². The molecule has 0 radical (unpaired) electrons. The van der Waals surface area contributed by atoms with Gasteiger partial charge in [-0.25, -0.2) is 9.67 Å². The molecule has 0 saturated carbocycles. The van der Waals surface area contributed by atoms with Crippen molar-refractivity contribution in [3.8, 4) is 5.69 Å². The molecule has 4 rings (SSSR count). The molecule has 1 aromatic heterocycles. The highest BCUT2D eigenvalue weighted by molar-refractivity contribution is 6.31. The standard InChI is InChI=1S/C22H20ClN5O/c1-27(12-16-6-7-17-4-2-3-5-18(17)10-16)13-22(29)26-20-11-19(23)8-9-21(20)28-15-24-14-25-28/h2-11,14-15H,12-13H2,1H3,(H,26,29)/p+1. The molecule has 1 amide bonds. The van der Waals surface area contributed by atoms with E-state index in [1.807, 2.05) is 19.2 Å². The molecule has 2 N–H and O–H groups in total. The van der Waals surface area contributed by atoms with Crippen LogP contribution in [0.15, 0.2) is 73.3 Å². The fourth-order valence-electron chi connectivity index (χ4n) is 3.37. The molecular formula is C22H21ClN5O+. The van der Waals surface area contributed by atoms with E-state index in [-0.39, 0.29) is 5.91 Å². The number of halogens is 1. The normalized spacial score (nSPS) is 12.1. The number of benzene rings is 3. The highest BCUT2D eigenvalue weighted by Crippen LogP contribution is 2.23. The van der Waals surface area contributed by atoms with E-state index in [9.17, 15) is 4.79 Å². The van der Waals surface area contributed by atoms with Gasteiger partial charge in [0.2, 0.25) is 0 Å². The van der Waals surface area contributed by atoms with Crippen molar-refractivity contribution in [1.82, 2.24) is 14.8 Å². The number of hydrogen-bond acceptors (Lipinski definition) is 3. The summed E-state index contributed by atoms with van der Waals surface area (Å²) < 4.78 is 1.59.